The van der Waals surface area contributed by atoms with Gasteiger partial charge >= 0.3 is 11.9 Å². The van der Waals surface area contributed by atoms with Gasteiger partial charge in [0.05, 0.1) is 27.7 Å². The molecular formula is C67H128NO8P. The second-order valence-electron chi connectivity index (χ2n) is 23.8. The van der Waals surface area contributed by atoms with Crippen LogP contribution in [0.2, 0.25) is 0 Å². The van der Waals surface area contributed by atoms with Gasteiger partial charge in [-0.3, -0.25) is 14.2 Å². The molecule has 9 nitrogen and oxygen atoms in total. The lowest BCUT2D eigenvalue weighted by Crippen LogP contribution is -2.37. The van der Waals surface area contributed by atoms with Crippen LogP contribution in [0.15, 0.2) is 36.5 Å². The Morgan fingerprint density at radius 3 is 1.10 bits per heavy atom. The molecule has 0 radical (unpaired) electrons. The van der Waals surface area contributed by atoms with Gasteiger partial charge in [-0.1, -0.05) is 307 Å². The molecule has 2 atom stereocenters. The van der Waals surface area contributed by atoms with Gasteiger partial charge in [-0.25, -0.2) is 0 Å². The summed E-state index contributed by atoms with van der Waals surface area (Å²) in [5, 5.41) is 0. The third-order valence-corrected chi connectivity index (χ3v) is 15.9. The van der Waals surface area contributed by atoms with Gasteiger partial charge in [0.15, 0.2) is 6.10 Å². The fourth-order valence-corrected chi connectivity index (χ4v) is 10.6. The maximum atomic E-state index is 12.7. The van der Waals surface area contributed by atoms with Crippen LogP contribution in [0.25, 0.3) is 0 Å². The summed E-state index contributed by atoms with van der Waals surface area (Å²) in [4.78, 5) is 37.8. The minimum Gasteiger partial charge on any atom is -0.756 e. The molecule has 0 saturated carbocycles. The molecule has 0 aliphatic heterocycles. The highest BCUT2D eigenvalue weighted by Crippen LogP contribution is 2.38. The summed E-state index contributed by atoms with van der Waals surface area (Å²) in [7, 11) is 1.16. The Bertz CT molecular complexity index is 1390. The molecule has 0 aromatic rings. The number of esters is 2. The number of allylic oxidation sites excluding steroid dienone is 6. The number of phosphoric ester groups is 1. The molecule has 0 aliphatic rings. The first-order valence-corrected chi connectivity index (χ1v) is 34.7. The van der Waals surface area contributed by atoms with Crippen molar-refractivity contribution in [1.29, 1.82) is 0 Å². The fourth-order valence-electron chi connectivity index (χ4n) is 9.85. The van der Waals surface area contributed by atoms with E-state index in [-0.39, 0.29) is 32.0 Å². The zero-order valence-electron chi connectivity index (χ0n) is 51.7. The predicted molar refractivity (Wildman–Crippen MR) is 328 cm³/mol. The Morgan fingerprint density at radius 2 is 0.740 bits per heavy atom. The summed E-state index contributed by atoms with van der Waals surface area (Å²) < 4.78 is 34.1. The third-order valence-electron chi connectivity index (χ3n) is 14.9. The van der Waals surface area contributed by atoms with Crippen molar-refractivity contribution in [3.63, 3.8) is 0 Å². The first kappa shape index (κ1) is 75.2. The number of unbranched alkanes of at least 4 members (excludes halogenated alkanes) is 42. The summed E-state index contributed by atoms with van der Waals surface area (Å²) in [6.07, 6.45) is 74.2. The number of likely N-dealkylation sites (N-methyl/N-ethyl adjacent to an activating group) is 1. The molecule has 0 N–H and O–H groups in total. The van der Waals surface area contributed by atoms with Crippen LogP contribution in [0.1, 0.15) is 328 Å². The molecule has 0 fully saturated rings. The van der Waals surface area contributed by atoms with E-state index >= 15 is 0 Å². The average Bonchev–Trinajstić information content (AvgIpc) is 3.39. The van der Waals surface area contributed by atoms with Crippen molar-refractivity contribution < 1.29 is 42.1 Å². The lowest BCUT2D eigenvalue weighted by atomic mass is 10.0. The molecule has 0 aromatic carbocycles. The molecule has 0 aromatic heterocycles. The summed E-state index contributed by atoms with van der Waals surface area (Å²) in [5.74, 6) is -0.856. The van der Waals surface area contributed by atoms with Gasteiger partial charge in [0.2, 0.25) is 0 Å². The van der Waals surface area contributed by atoms with Crippen molar-refractivity contribution in [2.75, 3.05) is 47.5 Å². The van der Waals surface area contributed by atoms with Gasteiger partial charge in [0.25, 0.3) is 7.82 Å². The fraction of sp³-hybridized carbons (Fsp3) is 0.881. The highest BCUT2D eigenvalue weighted by Gasteiger charge is 2.22. The highest BCUT2D eigenvalue weighted by molar-refractivity contribution is 7.45. The van der Waals surface area contributed by atoms with E-state index in [0.29, 0.717) is 17.4 Å². The van der Waals surface area contributed by atoms with E-state index in [0.717, 1.165) is 57.8 Å². The Labute approximate surface area is 478 Å². The number of ether oxygens (including phenoxy) is 2. The van der Waals surface area contributed by atoms with Crippen molar-refractivity contribution in [2.45, 2.75) is 335 Å². The molecule has 0 heterocycles. The molecule has 0 bridgehead atoms. The lowest BCUT2D eigenvalue weighted by molar-refractivity contribution is -0.870. The average molecular weight is 1110 g/mol. The summed E-state index contributed by atoms with van der Waals surface area (Å²) in [6, 6.07) is 0. The van der Waals surface area contributed by atoms with Crippen molar-refractivity contribution in [3.05, 3.63) is 36.5 Å². The minimum absolute atomic E-state index is 0.0357. The molecule has 2 unspecified atom stereocenters. The maximum Gasteiger partial charge on any atom is 0.306 e. The second kappa shape index (κ2) is 58.9. The monoisotopic (exact) mass is 1110 g/mol. The van der Waals surface area contributed by atoms with E-state index in [4.69, 9.17) is 18.5 Å². The van der Waals surface area contributed by atoms with Crippen LogP contribution in [0.4, 0.5) is 0 Å². The normalized spacial score (nSPS) is 13.4. The maximum absolute atomic E-state index is 12.7. The molecule has 0 amide bonds. The lowest BCUT2D eigenvalue weighted by Gasteiger charge is -2.28. The van der Waals surface area contributed by atoms with E-state index in [9.17, 15) is 19.0 Å². The topological polar surface area (TPSA) is 111 Å². The standard InChI is InChI=1S/C67H128NO8P/c1-6-8-10-12-14-16-18-20-21-22-23-24-25-26-27-28-29-30-31-32-33-34-35-36-37-38-39-40-41-42-43-44-45-46-48-49-51-53-55-57-59-66(69)73-63-65(64-75-77(71,72)74-62-61-68(3,4)5)76-67(70)60-58-56-54-52-50-47-19-17-15-13-11-9-7-2/h9,11,15,17,47,50,65H,6-8,10,12-14,16,18-46,48-49,51-64H2,1-5H3/b11-9-,17-15-,50-47-. The van der Waals surface area contributed by atoms with E-state index in [1.165, 1.54) is 238 Å². The van der Waals surface area contributed by atoms with Gasteiger partial charge < -0.3 is 27.9 Å². The van der Waals surface area contributed by atoms with Crippen LogP contribution in [0, 0.1) is 0 Å². The Hall–Kier alpha value is -1.77. The van der Waals surface area contributed by atoms with Crippen LogP contribution in [-0.4, -0.2) is 70.0 Å². The van der Waals surface area contributed by atoms with Crippen molar-refractivity contribution in [3.8, 4) is 0 Å². The van der Waals surface area contributed by atoms with Crippen LogP contribution >= 0.6 is 7.82 Å². The quantitative estimate of drug-likeness (QED) is 0.0195. The van der Waals surface area contributed by atoms with E-state index in [1.54, 1.807) is 0 Å². The smallest absolute Gasteiger partial charge is 0.306 e. The first-order valence-electron chi connectivity index (χ1n) is 33.2. The molecule has 0 saturated heterocycles. The molecule has 454 valence electrons. The Kier molecular flexibility index (Phi) is 57.5. The Balaban J connectivity index is 3.80. The van der Waals surface area contributed by atoms with E-state index in [1.807, 2.05) is 21.1 Å². The molecular weight excluding hydrogens is 978 g/mol. The van der Waals surface area contributed by atoms with E-state index < -0.39 is 26.5 Å². The number of nitrogens with zero attached hydrogens (tertiary/aromatic N) is 1. The highest BCUT2D eigenvalue weighted by atomic mass is 31.2. The summed E-state index contributed by atoms with van der Waals surface area (Å²) in [6.45, 7) is 4.13. The van der Waals surface area contributed by atoms with Crippen LogP contribution in [-0.2, 0) is 32.7 Å². The molecule has 0 rings (SSSR count). The van der Waals surface area contributed by atoms with Gasteiger partial charge in [-0.15, -0.1) is 0 Å². The second-order valence-corrected chi connectivity index (χ2v) is 25.2. The number of rotatable bonds is 62. The van der Waals surface area contributed by atoms with Crippen LogP contribution in [0.3, 0.4) is 0 Å². The van der Waals surface area contributed by atoms with Gasteiger partial charge in [0, 0.05) is 12.8 Å². The first-order chi connectivity index (χ1) is 37.5. The van der Waals surface area contributed by atoms with Crippen molar-refractivity contribution in [1.82, 2.24) is 0 Å². The third kappa shape index (κ3) is 63.3. The number of phosphoric acid groups is 1. The predicted octanol–water partition coefficient (Wildman–Crippen LogP) is 20.5. The number of carbonyl (C=O) groups excluding carboxylic acids is 2. The minimum atomic E-state index is -4.64. The van der Waals surface area contributed by atoms with Crippen molar-refractivity contribution in [2.24, 2.45) is 0 Å². The number of quaternary nitrogens is 1. The number of hydrogen-bond donors (Lipinski definition) is 0. The zero-order valence-corrected chi connectivity index (χ0v) is 52.6. The molecule has 10 heteroatoms. The number of carbonyl (C=O) groups is 2. The van der Waals surface area contributed by atoms with E-state index in [2.05, 4.69) is 50.3 Å². The number of hydrogen-bond acceptors (Lipinski definition) is 8. The SMILES string of the molecule is CC/C=C\C/C=C\C/C=C\CCCCCC(=O)OC(COC(=O)CCCCCCCCCCCCCCCCCCCCCCCCCCCCCCCCCCCCCCCCCC)COP(=O)([O-])OCC[N+](C)(C)C. The molecule has 0 aliphatic carbocycles. The molecule has 0 spiro atoms. The van der Waals surface area contributed by atoms with Crippen LogP contribution < -0.4 is 4.89 Å². The summed E-state index contributed by atoms with van der Waals surface area (Å²) in [5.41, 5.74) is 0. The van der Waals surface area contributed by atoms with Crippen molar-refractivity contribution >= 4 is 19.8 Å². The Morgan fingerprint density at radius 1 is 0.416 bits per heavy atom. The van der Waals surface area contributed by atoms with Gasteiger partial charge in [0.1, 0.15) is 19.8 Å². The largest absolute Gasteiger partial charge is 0.756 e. The zero-order chi connectivity index (χ0) is 56.3. The summed E-state index contributed by atoms with van der Waals surface area (Å²) >= 11 is 0. The van der Waals surface area contributed by atoms with Gasteiger partial charge in [-0.05, 0) is 44.9 Å². The van der Waals surface area contributed by atoms with Gasteiger partial charge in [-0.2, -0.15) is 0 Å². The van der Waals surface area contributed by atoms with Crippen LogP contribution in [0.5, 0.6) is 0 Å². The molecule has 77 heavy (non-hydrogen) atoms.